The second-order valence-electron chi connectivity index (χ2n) is 7.25. The van der Waals surface area contributed by atoms with Gasteiger partial charge in [0.05, 0.1) is 5.41 Å². The molecule has 1 atom stereocenters. The summed E-state index contributed by atoms with van der Waals surface area (Å²) < 4.78 is 0. The highest BCUT2D eigenvalue weighted by molar-refractivity contribution is 5.95. The van der Waals surface area contributed by atoms with Crippen LogP contribution in [0.25, 0.3) is 0 Å². The van der Waals surface area contributed by atoms with Crippen LogP contribution in [0.5, 0.6) is 0 Å². The van der Waals surface area contributed by atoms with Gasteiger partial charge in [-0.2, -0.15) is 0 Å². The van der Waals surface area contributed by atoms with Gasteiger partial charge in [-0.15, -0.1) is 0 Å². The maximum atomic E-state index is 12.8. The Bertz CT molecular complexity index is 584. The van der Waals surface area contributed by atoms with Crippen LogP contribution in [0.3, 0.4) is 0 Å². The van der Waals surface area contributed by atoms with Gasteiger partial charge in [0, 0.05) is 24.7 Å². The number of carbonyl (C=O) groups excluding carboxylic acids is 2. The Morgan fingerprint density at radius 3 is 2.62 bits per heavy atom. The first kappa shape index (κ1) is 17.0. The Hall–Kier alpha value is -1.88. The molecule has 2 amide bonds. The van der Waals surface area contributed by atoms with Gasteiger partial charge in [0.2, 0.25) is 5.91 Å². The zero-order valence-corrected chi connectivity index (χ0v) is 14.4. The minimum Gasteiger partial charge on any atom is -0.353 e. The average Bonchev–Trinajstić information content (AvgIpc) is 2.63. The molecule has 0 aliphatic carbocycles. The van der Waals surface area contributed by atoms with E-state index in [1.54, 1.807) is 0 Å². The smallest absolute Gasteiger partial charge is 0.253 e. The number of rotatable bonds is 3. The largest absolute Gasteiger partial charge is 0.353 e. The lowest BCUT2D eigenvalue weighted by Gasteiger charge is -2.40. The van der Waals surface area contributed by atoms with Crippen LogP contribution < -0.4 is 10.6 Å². The van der Waals surface area contributed by atoms with Crippen LogP contribution in [0.4, 0.5) is 0 Å². The molecular weight excluding hydrogens is 302 g/mol. The van der Waals surface area contributed by atoms with E-state index in [9.17, 15) is 9.59 Å². The monoisotopic (exact) mass is 329 g/mol. The summed E-state index contributed by atoms with van der Waals surface area (Å²) in [5.41, 5.74) is 0.202. The van der Waals surface area contributed by atoms with Crippen molar-refractivity contribution in [3.63, 3.8) is 0 Å². The quantitative estimate of drug-likeness (QED) is 0.889. The van der Waals surface area contributed by atoms with Gasteiger partial charge in [-0.05, 0) is 57.8 Å². The molecule has 24 heavy (non-hydrogen) atoms. The van der Waals surface area contributed by atoms with E-state index in [1.807, 2.05) is 42.2 Å². The number of piperidine rings is 2. The highest BCUT2D eigenvalue weighted by Crippen LogP contribution is 2.31. The lowest BCUT2D eigenvalue weighted by atomic mass is 9.80. The first-order chi connectivity index (χ1) is 11.6. The summed E-state index contributed by atoms with van der Waals surface area (Å²) in [5.74, 6) is 0.121. The first-order valence-electron chi connectivity index (χ1n) is 8.94. The molecule has 130 valence electrons. The van der Waals surface area contributed by atoms with E-state index >= 15 is 0 Å². The van der Waals surface area contributed by atoms with Crippen LogP contribution >= 0.6 is 0 Å². The van der Waals surface area contributed by atoms with Crippen molar-refractivity contribution in [1.82, 2.24) is 15.5 Å². The summed E-state index contributed by atoms with van der Waals surface area (Å²) in [5, 5.41) is 6.52. The second kappa shape index (κ2) is 7.34. The lowest BCUT2D eigenvalue weighted by Crippen LogP contribution is -2.54. The zero-order valence-electron chi connectivity index (χ0n) is 14.4. The number of likely N-dealkylation sites (tertiary alicyclic amines) is 1. The molecule has 0 saturated carbocycles. The van der Waals surface area contributed by atoms with Crippen molar-refractivity contribution < 1.29 is 9.59 Å². The minimum absolute atomic E-state index is 0.0243. The number of hydrogen-bond acceptors (Lipinski definition) is 3. The Kier molecular flexibility index (Phi) is 5.19. The van der Waals surface area contributed by atoms with Crippen molar-refractivity contribution in [2.75, 3.05) is 26.2 Å². The number of benzene rings is 1. The average molecular weight is 329 g/mol. The van der Waals surface area contributed by atoms with Gasteiger partial charge < -0.3 is 15.5 Å². The second-order valence-corrected chi connectivity index (χ2v) is 7.25. The summed E-state index contributed by atoms with van der Waals surface area (Å²) in [6, 6.07) is 9.59. The Morgan fingerprint density at radius 2 is 1.92 bits per heavy atom. The molecular formula is C19H27N3O2. The van der Waals surface area contributed by atoms with Crippen LogP contribution in [0.15, 0.2) is 30.3 Å². The number of carbonyl (C=O) groups is 2. The van der Waals surface area contributed by atoms with E-state index in [0.717, 1.165) is 45.3 Å². The molecule has 2 saturated heterocycles. The molecule has 1 aromatic rings. The first-order valence-corrected chi connectivity index (χ1v) is 8.94. The van der Waals surface area contributed by atoms with Crippen LogP contribution in [0.1, 0.15) is 43.0 Å². The molecule has 2 N–H and O–H groups in total. The summed E-state index contributed by atoms with van der Waals surface area (Å²) in [4.78, 5) is 27.3. The van der Waals surface area contributed by atoms with Gasteiger partial charge in [0.15, 0.2) is 0 Å². The van der Waals surface area contributed by atoms with Gasteiger partial charge in [0.25, 0.3) is 5.91 Å². The SMILES string of the molecule is CC1(C(=O)NC2CCNCC2)CCCN(C(=O)c2ccccc2)C1. The van der Waals surface area contributed by atoms with Crippen LogP contribution in [-0.2, 0) is 4.79 Å². The Morgan fingerprint density at radius 1 is 1.21 bits per heavy atom. The van der Waals surface area contributed by atoms with E-state index < -0.39 is 5.41 Å². The van der Waals surface area contributed by atoms with Crippen molar-refractivity contribution in [3.8, 4) is 0 Å². The lowest BCUT2D eigenvalue weighted by molar-refractivity contribution is -0.133. The Labute approximate surface area is 143 Å². The van der Waals surface area contributed by atoms with Crippen molar-refractivity contribution in [3.05, 3.63) is 35.9 Å². The maximum Gasteiger partial charge on any atom is 0.253 e. The summed E-state index contributed by atoms with van der Waals surface area (Å²) in [6.07, 6.45) is 3.67. The van der Waals surface area contributed by atoms with E-state index in [2.05, 4.69) is 10.6 Å². The van der Waals surface area contributed by atoms with Crippen molar-refractivity contribution >= 4 is 11.8 Å². The summed E-state index contributed by atoms with van der Waals surface area (Å²) >= 11 is 0. The van der Waals surface area contributed by atoms with Gasteiger partial charge in [-0.25, -0.2) is 0 Å². The molecule has 2 heterocycles. The van der Waals surface area contributed by atoms with Gasteiger partial charge in [-0.3, -0.25) is 9.59 Å². The molecule has 2 aliphatic rings. The minimum atomic E-state index is -0.492. The van der Waals surface area contributed by atoms with E-state index in [-0.39, 0.29) is 17.9 Å². The molecule has 0 spiro atoms. The summed E-state index contributed by atoms with van der Waals surface area (Å²) in [6.45, 7) is 5.13. The fourth-order valence-electron chi connectivity index (χ4n) is 3.69. The molecule has 5 heteroatoms. The molecule has 2 aliphatic heterocycles. The summed E-state index contributed by atoms with van der Waals surface area (Å²) in [7, 11) is 0. The fourth-order valence-corrected chi connectivity index (χ4v) is 3.69. The highest BCUT2D eigenvalue weighted by atomic mass is 16.2. The van der Waals surface area contributed by atoms with Gasteiger partial charge in [0.1, 0.15) is 0 Å². The molecule has 0 bridgehead atoms. The van der Waals surface area contributed by atoms with E-state index in [0.29, 0.717) is 12.1 Å². The Balaban J connectivity index is 1.64. The standard InChI is InChI=1S/C19H27N3O2/c1-19(18(24)21-16-8-11-20-12-9-16)10-5-13-22(14-19)17(23)15-6-3-2-4-7-15/h2-4,6-7,16,20H,5,8-14H2,1H3,(H,21,24). The third-order valence-corrected chi connectivity index (χ3v) is 5.23. The molecule has 1 aromatic carbocycles. The number of nitrogens with one attached hydrogen (secondary N) is 2. The van der Waals surface area contributed by atoms with Crippen molar-refractivity contribution in [1.29, 1.82) is 0 Å². The molecule has 0 aromatic heterocycles. The van der Waals surface area contributed by atoms with E-state index in [4.69, 9.17) is 0 Å². The third kappa shape index (κ3) is 3.78. The highest BCUT2D eigenvalue weighted by Gasteiger charge is 2.40. The van der Waals surface area contributed by atoms with Crippen LogP contribution in [0, 0.1) is 5.41 Å². The molecule has 2 fully saturated rings. The van der Waals surface area contributed by atoms with Gasteiger partial charge >= 0.3 is 0 Å². The predicted octanol–water partition coefficient (Wildman–Crippen LogP) is 1.80. The van der Waals surface area contributed by atoms with Crippen molar-refractivity contribution in [2.45, 2.75) is 38.6 Å². The number of amides is 2. The van der Waals surface area contributed by atoms with E-state index in [1.165, 1.54) is 0 Å². The molecule has 0 radical (unpaired) electrons. The van der Waals surface area contributed by atoms with Gasteiger partial charge in [-0.1, -0.05) is 18.2 Å². The van der Waals surface area contributed by atoms with Crippen LogP contribution in [0.2, 0.25) is 0 Å². The maximum absolute atomic E-state index is 12.8. The zero-order chi connectivity index (χ0) is 17.0. The number of hydrogen-bond donors (Lipinski definition) is 2. The molecule has 1 unspecified atom stereocenters. The fraction of sp³-hybridized carbons (Fsp3) is 0.579. The van der Waals surface area contributed by atoms with Crippen molar-refractivity contribution in [2.24, 2.45) is 5.41 Å². The predicted molar refractivity (Wildman–Crippen MR) is 93.7 cm³/mol. The van der Waals surface area contributed by atoms with Crippen LogP contribution in [-0.4, -0.2) is 48.9 Å². The molecule has 3 rings (SSSR count). The number of nitrogens with zero attached hydrogens (tertiary/aromatic N) is 1. The molecule has 5 nitrogen and oxygen atoms in total. The topological polar surface area (TPSA) is 61.4 Å². The normalized spacial score (nSPS) is 25.3. The third-order valence-electron chi connectivity index (χ3n) is 5.23.